The molecule has 0 unspecified atom stereocenters. The lowest BCUT2D eigenvalue weighted by molar-refractivity contribution is -0.138. The van der Waals surface area contributed by atoms with Crippen molar-refractivity contribution < 1.29 is 22.7 Å². The molecule has 1 atom stereocenters. The van der Waals surface area contributed by atoms with Gasteiger partial charge >= 0.3 is 0 Å². The van der Waals surface area contributed by atoms with Gasteiger partial charge in [0.05, 0.1) is 19.3 Å². The Morgan fingerprint density at radius 1 is 1.25 bits per heavy atom. The summed E-state index contributed by atoms with van der Waals surface area (Å²) in [5.74, 6) is 1.30. The molecule has 0 radical (unpaired) electrons. The number of carbonyl (C=O) groups is 1. The fourth-order valence-corrected chi connectivity index (χ4v) is 3.96. The molecule has 1 aromatic rings. The lowest BCUT2D eigenvalue weighted by Gasteiger charge is -2.36. The number of methoxy groups -OCH3 is 1. The van der Waals surface area contributed by atoms with E-state index in [2.05, 4.69) is 0 Å². The van der Waals surface area contributed by atoms with E-state index in [1.807, 2.05) is 18.2 Å². The van der Waals surface area contributed by atoms with Crippen LogP contribution in [0.25, 0.3) is 0 Å². The second-order valence-corrected chi connectivity index (χ2v) is 8.16. The summed E-state index contributed by atoms with van der Waals surface area (Å²) < 4.78 is 35.4. The second kappa shape index (κ2) is 6.60. The number of fused-ring (bicyclic) bond motifs is 1. The Bertz CT molecular complexity index is 726. The van der Waals surface area contributed by atoms with Crippen LogP contribution in [0.4, 0.5) is 0 Å². The van der Waals surface area contributed by atoms with Crippen molar-refractivity contribution in [3.8, 4) is 11.5 Å². The predicted octanol–water partition coefficient (Wildman–Crippen LogP) is 0.350. The van der Waals surface area contributed by atoms with Crippen LogP contribution in [0.2, 0.25) is 0 Å². The Kier molecular flexibility index (Phi) is 4.69. The molecule has 2 heterocycles. The van der Waals surface area contributed by atoms with Gasteiger partial charge in [-0.3, -0.25) is 4.79 Å². The molecular weight excluding hydrogens is 332 g/mol. The fourth-order valence-electron chi connectivity index (χ4n) is 3.14. The molecule has 24 heavy (non-hydrogen) atoms. The van der Waals surface area contributed by atoms with E-state index in [1.54, 1.807) is 12.0 Å². The molecule has 1 fully saturated rings. The molecule has 0 spiro atoms. The molecule has 0 aromatic heterocycles. The average molecular weight is 354 g/mol. The zero-order chi connectivity index (χ0) is 17.3. The summed E-state index contributed by atoms with van der Waals surface area (Å²) in [7, 11) is -1.58. The molecule has 0 saturated carbocycles. The molecule has 3 rings (SSSR count). The zero-order valence-electron chi connectivity index (χ0n) is 13.9. The first kappa shape index (κ1) is 17.0. The van der Waals surface area contributed by atoms with Gasteiger partial charge in [0.2, 0.25) is 15.9 Å². The molecule has 2 aliphatic rings. The standard InChI is InChI=1S/C16H22N2O5S/c1-22-14-4-3-12-9-13(11-23-15(12)10-14)16(19)17-5-7-18(8-6-17)24(2,20)21/h3-4,10,13H,5-9,11H2,1-2H3/t13-/m0/s1. The summed E-state index contributed by atoms with van der Waals surface area (Å²) in [6.45, 7) is 1.90. The van der Waals surface area contributed by atoms with Crippen molar-refractivity contribution in [1.82, 2.24) is 9.21 Å². The van der Waals surface area contributed by atoms with Crippen molar-refractivity contribution >= 4 is 15.9 Å². The van der Waals surface area contributed by atoms with Crippen molar-refractivity contribution in [2.75, 3.05) is 46.2 Å². The summed E-state index contributed by atoms with van der Waals surface area (Å²) in [5, 5.41) is 0. The second-order valence-electron chi connectivity index (χ2n) is 6.17. The SMILES string of the molecule is COc1ccc2c(c1)OC[C@@H](C(=O)N1CCN(S(C)(=O)=O)CC1)C2. The highest BCUT2D eigenvalue weighted by atomic mass is 32.2. The third kappa shape index (κ3) is 3.49. The Morgan fingerprint density at radius 2 is 1.96 bits per heavy atom. The molecule has 0 bridgehead atoms. The van der Waals surface area contributed by atoms with Gasteiger partial charge in [-0.1, -0.05) is 6.07 Å². The minimum atomic E-state index is -3.19. The van der Waals surface area contributed by atoms with Gasteiger partial charge in [0.15, 0.2) is 0 Å². The third-order valence-corrected chi connectivity index (χ3v) is 5.85. The Balaban J connectivity index is 1.63. The number of sulfonamides is 1. The van der Waals surface area contributed by atoms with Gasteiger partial charge in [-0.25, -0.2) is 8.42 Å². The highest BCUT2D eigenvalue weighted by molar-refractivity contribution is 7.88. The number of piperazine rings is 1. The molecular formula is C16H22N2O5S. The first-order valence-electron chi connectivity index (χ1n) is 7.92. The van der Waals surface area contributed by atoms with Crippen molar-refractivity contribution in [2.45, 2.75) is 6.42 Å². The molecule has 2 aliphatic heterocycles. The maximum Gasteiger partial charge on any atom is 0.229 e. The Morgan fingerprint density at radius 3 is 2.58 bits per heavy atom. The monoisotopic (exact) mass is 354 g/mol. The van der Waals surface area contributed by atoms with Gasteiger partial charge in [0.1, 0.15) is 18.1 Å². The van der Waals surface area contributed by atoms with Crippen molar-refractivity contribution in [2.24, 2.45) is 5.92 Å². The quantitative estimate of drug-likeness (QED) is 0.783. The van der Waals surface area contributed by atoms with E-state index < -0.39 is 10.0 Å². The molecule has 1 amide bonds. The minimum absolute atomic E-state index is 0.0321. The molecule has 8 heteroatoms. The van der Waals surface area contributed by atoms with E-state index in [0.29, 0.717) is 39.2 Å². The van der Waals surface area contributed by atoms with Gasteiger partial charge in [-0.05, 0) is 18.1 Å². The Labute approximate surface area is 142 Å². The van der Waals surface area contributed by atoms with Crippen LogP contribution in [0.5, 0.6) is 11.5 Å². The Hall–Kier alpha value is -1.80. The van der Waals surface area contributed by atoms with E-state index in [-0.39, 0.29) is 11.8 Å². The highest BCUT2D eigenvalue weighted by Crippen LogP contribution is 2.31. The van der Waals surface area contributed by atoms with Gasteiger partial charge < -0.3 is 14.4 Å². The number of nitrogens with zero attached hydrogens (tertiary/aromatic N) is 2. The van der Waals surface area contributed by atoms with E-state index in [0.717, 1.165) is 17.1 Å². The molecule has 0 aliphatic carbocycles. The maximum atomic E-state index is 12.7. The number of rotatable bonds is 3. The molecule has 1 saturated heterocycles. The number of hydrogen-bond donors (Lipinski definition) is 0. The fraction of sp³-hybridized carbons (Fsp3) is 0.562. The topological polar surface area (TPSA) is 76.2 Å². The minimum Gasteiger partial charge on any atom is -0.497 e. The van der Waals surface area contributed by atoms with Crippen LogP contribution in [0.1, 0.15) is 5.56 Å². The first-order chi connectivity index (χ1) is 11.4. The molecule has 7 nitrogen and oxygen atoms in total. The van der Waals surface area contributed by atoms with Crippen LogP contribution in [-0.2, 0) is 21.2 Å². The summed E-state index contributed by atoms with van der Waals surface area (Å²) in [5.41, 5.74) is 0.996. The summed E-state index contributed by atoms with van der Waals surface area (Å²) in [6.07, 6.45) is 1.83. The largest absolute Gasteiger partial charge is 0.497 e. The highest BCUT2D eigenvalue weighted by Gasteiger charge is 2.32. The number of hydrogen-bond acceptors (Lipinski definition) is 5. The van der Waals surface area contributed by atoms with Crippen LogP contribution in [0.3, 0.4) is 0 Å². The van der Waals surface area contributed by atoms with Gasteiger partial charge in [-0.2, -0.15) is 4.31 Å². The average Bonchev–Trinajstić information content (AvgIpc) is 2.59. The van der Waals surface area contributed by atoms with E-state index in [4.69, 9.17) is 9.47 Å². The molecule has 132 valence electrons. The predicted molar refractivity (Wildman–Crippen MR) is 88.7 cm³/mol. The van der Waals surface area contributed by atoms with Crippen molar-refractivity contribution in [1.29, 1.82) is 0 Å². The molecule has 1 aromatic carbocycles. The maximum absolute atomic E-state index is 12.7. The van der Waals surface area contributed by atoms with E-state index >= 15 is 0 Å². The van der Waals surface area contributed by atoms with Gasteiger partial charge in [0.25, 0.3) is 0 Å². The first-order valence-corrected chi connectivity index (χ1v) is 9.77. The van der Waals surface area contributed by atoms with Crippen molar-refractivity contribution in [3.63, 3.8) is 0 Å². The smallest absolute Gasteiger partial charge is 0.229 e. The normalized spacial score (nSPS) is 21.8. The summed E-state index contributed by atoms with van der Waals surface area (Å²) in [6, 6.07) is 5.62. The number of benzene rings is 1. The van der Waals surface area contributed by atoms with Gasteiger partial charge in [0, 0.05) is 32.2 Å². The number of amides is 1. The molecule has 0 N–H and O–H groups in total. The van der Waals surface area contributed by atoms with Crippen LogP contribution < -0.4 is 9.47 Å². The van der Waals surface area contributed by atoms with E-state index in [1.165, 1.54) is 10.6 Å². The van der Waals surface area contributed by atoms with Crippen LogP contribution >= 0.6 is 0 Å². The van der Waals surface area contributed by atoms with Gasteiger partial charge in [-0.15, -0.1) is 0 Å². The van der Waals surface area contributed by atoms with Crippen LogP contribution in [0, 0.1) is 5.92 Å². The zero-order valence-corrected chi connectivity index (χ0v) is 14.7. The lowest BCUT2D eigenvalue weighted by atomic mass is 9.95. The lowest BCUT2D eigenvalue weighted by Crippen LogP contribution is -2.52. The summed E-state index contributed by atoms with van der Waals surface area (Å²) in [4.78, 5) is 14.4. The number of carbonyl (C=O) groups excluding carboxylic acids is 1. The number of ether oxygens (including phenoxy) is 2. The third-order valence-electron chi connectivity index (χ3n) is 4.55. The van der Waals surface area contributed by atoms with Crippen LogP contribution in [0.15, 0.2) is 18.2 Å². The summed E-state index contributed by atoms with van der Waals surface area (Å²) >= 11 is 0. The van der Waals surface area contributed by atoms with E-state index in [9.17, 15) is 13.2 Å². The van der Waals surface area contributed by atoms with Crippen LogP contribution in [-0.4, -0.2) is 69.7 Å². The van der Waals surface area contributed by atoms with Crippen molar-refractivity contribution in [3.05, 3.63) is 23.8 Å².